The van der Waals surface area contributed by atoms with Crippen LogP contribution in [0.25, 0.3) is 10.9 Å². The molecule has 4 nitrogen and oxygen atoms in total. The number of aromatic amines is 1. The molecule has 2 saturated carbocycles. The highest BCUT2D eigenvalue weighted by Crippen LogP contribution is 2.51. The second kappa shape index (κ2) is 6.31. The van der Waals surface area contributed by atoms with Crippen molar-refractivity contribution >= 4 is 16.8 Å². The van der Waals surface area contributed by atoms with Gasteiger partial charge in [-0.2, -0.15) is 0 Å². The van der Waals surface area contributed by atoms with Crippen LogP contribution in [0.4, 0.5) is 4.39 Å². The number of carbonyl (C=O) groups is 1. The van der Waals surface area contributed by atoms with Crippen molar-refractivity contribution in [2.75, 3.05) is 0 Å². The van der Waals surface area contributed by atoms with Gasteiger partial charge in [0.05, 0.1) is 5.60 Å². The Morgan fingerprint density at radius 3 is 2.64 bits per heavy atom. The molecule has 5 heteroatoms. The van der Waals surface area contributed by atoms with Gasteiger partial charge in [0.25, 0.3) is 0 Å². The number of aromatic nitrogens is 1. The third kappa shape index (κ3) is 2.78. The summed E-state index contributed by atoms with van der Waals surface area (Å²) in [5, 5.41) is 11.4. The summed E-state index contributed by atoms with van der Waals surface area (Å²) in [6.07, 6.45) is 6.68. The van der Waals surface area contributed by atoms with Gasteiger partial charge >= 0.3 is 0 Å². The van der Waals surface area contributed by atoms with Crippen molar-refractivity contribution in [3.63, 3.8) is 0 Å². The van der Waals surface area contributed by atoms with Crippen LogP contribution < -0.4 is 0 Å². The van der Waals surface area contributed by atoms with Crippen LogP contribution in [0.2, 0.25) is 0 Å². The van der Waals surface area contributed by atoms with E-state index in [4.69, 9.17) is 0 Å². The van der Waals surface area contributed by atoms with Crippen molar-refractivity contribution in [1.29, 1.82) is 0 Å². The minimum absolute atomic E-state index is 0.0292. The number of piperidine rings is 2. The van der Waals surface area contributed by atoms with Crippen molar-refractivity contribution < 1.29 is 14.3 Å². The van der Waals surface area contributed by atoms with Gasteiger partial charge in [0.1, 0.15) is 5.82 Å². The first-order valence-electron chi connectivity index (χ1n) is 10.6. The Hall–Kier alpha value is -1.88. The van der Waals surface area contributed by atoms with Crippen LogP contribution in [0.15, 0.2) is 24.4 Å². The van der Waals surface area contributed by atoms with E-state index in [1.807, 2.05) is 12.3 Å². The molecule has 3 unspecified atom stereocenters. The van der Waals surface area contributed by atoms with Crippen LogP contribution in [0, 0.1) is 17.7 Å². The lowest BCUT2D eigenvalue weighted by Gasteiger charge is -2.59. The zero-order valence-electron chi connectivity index (χ0n) is 16.6. The van der Waals surface area contributed by atoms with Gasteiger partial charge in [-0.05, 0) is 67.6 Å². The van der Waals surface area contributed by atoms with Crippen LogP contribution in [-0.4, -0.2) is 38.6 Å². The third-order valence-electron chi connectivity index (χ3n) is 7.47. The number of rotatable bonds is 4. The van der Waals surface area contributed by atoms with Gasteiger partial charge in [0.2, 0.25) is 5.91 Å². The first kappa shape index (κ1) is 18.2. The number of benzene rings is 1. The van der Waals surface area contributed by atoms with Crippen molar-refractivity contribution in [1.82, 2.24) is 9.88 Å². The predicted molar refractivity (Wildman–Crippen MR) is 106 cm³/mol. The molecule has 3 heterocycles. The quantitative estimate of drug-likeness (QED) is 0.824. The van der Waals surface area contributed by atoms with Crippen LogP contribution in [0.3, 0.4) is 0 Å². The molecule has 1 aromatic heterocycles. The number of halogens is 1. The number of fused-ring (bicyclic) bond motifs is 1. The van der Waals surface area contributed by atoms with E-state index in [9.17, 15) is 14.3 Å². The molecule has 2 aliphatic carbocycles. The molecule has 4 aliphatic rings. The molecule has 2 aliphatic heterocycles. The van der Waals surface area contributed by atoms with E-state index < -0.39 is 5.60 Å². The SMILES string of the molecule is CC(C)C(CC(=O)N1C2CC3CC1CC(O)(C3)C2)c1c[nH]c2cccc(F)c12. The van der Waals surface area contributed by atoms with E-state index in [1.165, 1.54) is 6.07 Å². The Morgan fingerprint density at radius 2 is 2.00 bits per heavy atom. The number of hydrogen-bond acceptors (Lipinski definition) is 2. The molecule has 3 atom stereocenters. The number of nitrogens with zero attached hydrogens (tertiary/aromatic N) is 1. The van der Waals surface area contributed by atoms with Crippen LogP contribution in [0.5, 0.6) is 0 Å². The first-order chi connectivity index (χ1) is 13.3. The summed E-state index contributed by atoms with van der Waals surface area (Å²) in [6.45, 7) is 4.21. The molecule has 1 amide bonds. The average Bonchev–Trinajstić information content (AvgIpc) is 3.02. The summed E-state index contributed by atoms with van der Waals surface area (Å²) in [6, 6.07) is 5.43. The topological polar surface area (TPSA) is 56.3 Å². The van der Waals surface area contributed by atoms with Gasteiger partial charge in [0, 0.05) is 35.6 Å². The maximum absolute atomic E-state index is 14.5. The highest BCUT2D eigenvalue weighted by molar-refractivity contribution is 5.86. The number of H-pyrrole nitrogens is 1. The second-order valence-electron chi connectivity index (χ2n) is 9.74. The summed E-state index contributed by atoms with van der Waals surface area (Å²) < 4.78 is 14.5. The lowest BCUT2D eigenvalue weighted by molar-refractivity contribution is -0.175. The fraction of sp³-hybridized carbons (Fsp3) is 0.609. The lowest BCUT2D eigenvalue weighted by Crippen LogP contribution is -2.65. The van der Waals surface area contributed by atoms with Crippen molar-refractivity contribution in [3.8, 4) is 0 Å². The molecule has 0 radical (unpaired) electrons. The van der Waals surface area contributed by atoms with Gasteiger partial charge in [-0.15, -0.1) is 0 Å². The number of amides is 1. The number of nitrogens with one attached hydrogen (secondary N) is 1. The smallest absolute Gasteiger partial charge is 0.223 e. The van der Waals surface area contributed by atoms with Crippen LogP contribution in [-0.2, 0) is 4.79 Å². The molecule has 2 aromatic rings. The van der Waals surface area contributed by atoms with Gasteiger partial charge in [-0.25, -0.2) is 4.39 Å². The summed E-state index contributed by atoms with van der Waals surface area (Å²) in [5.74, 6) is 0.698. The zero-order chi connectivity index (χ0) is 19.6. The average molecular weight is 384 g/mol. The van der Waals surface area contributed by atoms with Gasteiger partial charge < -0.3 is 15.0 Å². The molecule has 2 saturated heterocycles. The molecular formula is C23H29FN2O2. The monoisotopic (exact) mass is 384 g/mol. The first-order valence-corrected chi connectivity index (χ1v) is 10.6. The third-order valence-corrected chi connectivity index (χ3v) is 7.47. The fourth-order valence-electron chi connectivity index (χ4n) is 6.45. The number of carbonyl (C=O) groups excluding carboxylic acids is 1. The van der Waals surface area contributed by atoms with Gasteiger partial charge in [0.15, 0.2) is 0 Å². The number of hydrogen-bond donors (Lipinski definition) is 2. The van der Waals surface area contributed by atoms with E-state index in [0.717, 1.165) is 43.2 Å². The molecule has 1 aromatic carbocycles. The maximum atomic E-state index is 14.5. The molecule has 4 bridgehead atoms. The maximum Gasteiger partial charge on any atom is 0.223 e. The van der Waals surface area contributed by atoms with E-state index in [-0.39, 0.29) is 35.6 Å². The van der Waals surface area contributed by atoms with E-state index in [1.54, 1.807) is 6.07 Å². The Bertz CT molecular complexity index is 904. The summed E-state index contributed by atoms with van der Waals surface area (Å²) in [7, 11) is 0. The molecule has 0 spiro atoms. The molecule has 2 N–H and O–H groups in total. The lowest BCUT2D eigenvalue weighted by atomic mass is 9.61. The second-order valence-corrected chi connectivity index (χ2v) is 9.74. The highest BCUT2D eigenvalue weighted by atomic mass is 19.1. The molecule has 6 rings (SSSR count). The van der Waals surface area contributed by atoms with E-state index in [0.29, 0.717) is 17.7 Å². The summed E-state index contributed by atoms with van der Waals surface area (Å²) >= 11 is 0. The Balaban J connectivity index is 1.42. The van der Waals surface area contributed by atoms with Gasteiger partial charge in [-0.1, -0.05) is 19.9 Å². The Kier molecular flexibility index (Phi) is 4.10. The van der Waals surface area contributed by atoms with Crippen molar-refractivity contribution in [2.24, 2.45) is 11.8 Å². The number of aliphatic hydroxyl groups is 1. The standard InChI is InChI=1S/C23H29FN2O2/c1-13(2)17(18-12-25-20-5-3-4-19(24)22(18)20)8-21(27)26-15-6-14-7-16(26)11-23(28,9-14)10-15/h3-5,12-17,25,28H,6-11H2,1-2H3. The van der Waals surface area contributed by atoms with Crippen LogP contribution in [0.1, 0.15) is 63.9 Å². The van der Waals surface area contributed by atoms with Gasteiger partial charge in [-0.3, -0.25) is 4.79 Å². The minimum Gasteiger partial charge on any atom is -0.390 e. The van der Waals surface area contributed by atoms with Crippen LogP contribution >= 0.6 is 0 Å². The Morgan fingerprint density at radius 1 is 1.29 bits per heavy atom. The normalized spacial score (nSPS) is 32.5. The molecule has 28 heavy (non-hydrogen) atoms. The minimum atomic E-state index is -0.551. The summed E-state index contributed by atoms with van der Waals surface area (Å²) in [5.41, 5.74) is 1.13. The zero-order valence-corrected chi connectivity index (χ0v) is 16.6. The van der Waals surface area contributed by atoms with E-state index >= 15 is 0 Å². The van der Waals surface area contributed by atoms with Crippen molar-refractivity contribution in [2.45, 2.75) is 76.0 Å². The highest BCUT2D eigenvalue weighted by Gasteiger charge is 2.55. The molecule has 150 valence electrons. The largest absolute Gasteiger partial charge is 0.390 e. The predicted octanol–water partition coefficient (Wildman–Crippen LogP) is 4.34. The van der Waals surface area contributed by atoms with E-state index in [2.05, 4.69) is 23.7 Å². The van der Waals surface area contributed by atoms with Crippen molar-refractivity contribution in [3.05, 3.63) is 35.8 Å². The Labute approximate surface area is 165 Å². The summed E-state index contributed by atoms with van der Waals surface area (Å²) in [4.78, 5) is 18.7. The molecular weight excluding hydrogens is 355 g/mol. The molecule has 4 fully saturated rings. The fourth-order valence-corrected chi connectivity index (χ4v) is 6.45.